The minimum absolute atomic E-state index is 0.0968. The lowest BCUT2D eigenvalue weighted by molar-refractivity contribution is -0.248. The van der Waals surface area contributed by atoms with Crippen LogP contribution in [0.1, 0.15) is 152 Å². The number of likely N-dealkylation sites (tertiary alicyclic amines) is 1. The van der Waals surface area contributed by atoms with Crippen LogP contribution in [0.3, 0.4) is 0 Å². The first kappa shape index (κ1) is 37.1. The molecule has 7 nitrogen and oxygen atoms in total. The summed E-state index contributed by atoms with van der Waals surface area (Å²) >= 11 is 0. The highest BCUT2D eigenvalue weighted by atomic mass is 16.5. The maximum atomic E-state index is 14.0. The van der Waals surface area contributed by atoms with Gasteiger partial charge in [0.05, 0.1) is 11.8 Å². The van der Waals surface area contributed by atoms with Crippen molar-refractivity contribution in [1.29, 1.82) is 0 Å². The molecule has 0 aromatic rings. The third-order valence-corrected chi connectivity index (χ3v) is 17.3. The van der Waals surface area contributed by atoms with Crippen LogP contribution in [0, 0.1) is 56.2 Å². The molecule has 1 N–H and O–H groups in total. The summed E-state index contributed by atoms with van der Waals surface area (Å²) in [4.78, 5) is 43.5. The molecule has 5 aliphatic carbocycles. The number of carboxylic acids is 1. The molecule has 6 rings (SSSR count). The third kappa shape index (κ3) is 5.81. The molecule has 0 spiro atoms. The molecule has 10 atom stereocenters. The highest BCUT2D eigenvalue weighted by molar-refractivity contribution is 5.81. The molecule has 0 aromatic heterocycles. The SMILES string of the molecule is CCN(CC)[C@@H]1CCN(C(=O)C[C@]23CCC[C@@H]2[C@H]2CCC4[C@@]5(C)CC[C@H](OC(=O)CC(C)(C)C(=O)O)C(C)(C)C5CC[C@@]4(C)[C@]2(C)CC3)C1. The van der Waals surface area contributed by atoms with E-state index in [1.807, 2.05) is 0 Å². The standard InChI is InChI=1S/C42H70N2O5/c1-10-43(11-2)28-18-24-44(27-28)34(45)25-42-19-12-13-30(42)29-14-15-32-39(7)20-17-33(49-35(46)26-37(3,4)36(47)48)38(5,6)31(39)16-21-41(32,9)40(29,8)22-23-42/h28-33H,10-27H2,1-9H3,(H,47,48)/t28-,29-,30-,31?,32?,33+,39+,40-,41-,42-/m1/s1. The van der Waals surface area contributed by atoms with Gasteiger partial charge in [-0.3, -0.25) is 19.3 Å². The van der Waals surface area contributed by atoms with E-state index in [1.54, 1.807) is 13.8 Å². The van der Waals surface area contributed by atoms with Crippen LogP contribution < -0.4 is 0 Å². The molecule has 7 heteroatoms. The topological polar surface area (TPSA) is 87.2 Å². The van der Waals surface area contributed by atoms with Gasteiger partial charge in [-0.2, -0.15) is 0 Å². The smallest absolute Gasteiger partial charge is 0.309 e. The molecule has 278 valence electrons. The number of ether oxygens (including phenoxy) is 1. The molecule has 0 bridgehead atoms. The Hall–Kier alpha value is -1.63. The van der Waals surface area contributed by atoms with Crippen LogP contribution >= 0.6 is 0 Å². The monoisotopic (exact) mass is 683 g/mol. The number of aliphatic carboxylic acids is 1. The average molecular weight is 683 g/mol. The molecule has 2 unspecified atom stereocenters. The molecule has 6 fully saturated rings. The van der Waals surface area contributed by atoms with Crippen molar-refractivity contribution in [2.75, 3.05) is 26.2 Å². The van der Waals surface area contributed by atoms with Crippen molar-refractivity contribution >= 4 is 17.8 Å². The van der Waals surface area contributed by atoms with Crippen LogP contribution in [0.5, 0.6) is 0 Å². The van der Waals surface area contributed by atoms with E-state index in [0.717, 1.165) is 58.3 Å². The van der Waals surface area contributed by atoms with E-state index in [2.05, 4.69) is 58.3 Å². The molecule has 5 saturated carbocycles. The number of fused-ring (bicyclic) bond motifs is 7. The predicted molar refractivity (Wildman–Crippen MR) is 194 cm³/mol. The molecule has 6 aliphatic rings. The van der Waals surface area contributed by atoms with E-state index < -0.39 is 11.4 Å². The second-order valence-corrected chi connectivity index (χ2v) is 19.9. The Morgan fingerprint density at radius 1 is 0.816 bits per heavy atom. The number of carbonyl (C=O) groups excluding carboxylic acids is 2. The molecular weight excluding hydrogens is 612 g/mol. The Morgan fingerprint density at radius 3 is 2.20 bits per heavy atom. The Balaban J connectivity index is 1.17. The van der Waals surface area contributed by atoms with Crippen LogP contribution in [0.25, 0.3) is 0 Å². The van der Waals surface area contributed by atoms with Gasteiger partial charge in [-0.05, 0) is 143 Å². The zero-order valence-electron chi connectivity index (χ0n) is 32.7. The van der Waals surface area contributed by atoms with E-state index in [1.165, 1.54) is 51.4 Å². The van der Waals surface area contributed by atoms with Crippen LogP contribution in [0.4, 0.5) is 0 Å². The van der Waals surface area contributed by atoms with E-state index in [0.29, 0.717) is 35.6 Å². The maximum absolute atomic E-state index is 14.0. The summed E-state index contributed by atoms with van der Waals surface area (Å²) in [6.45, 7) is 24.2. The second kappa shape index (κ2) is 12.8. The molecule has 1 saturated heterocycles. The number of nitrogens with zero attached hydrogens (tertiary/aromatic N) is 2. The van der Waals surface area contributed by atoms with Crippen molar-refractivity contribution < 1.29 is 24.2 Å². The van der Waals surface area contributed by atoms with Crippen LogP contribution in [-0.4, -0.2) is 71.1 Å². The van der Waals surface area contributed by atoms with E-state index >= 15 is 0 Å². The van der Waals surface area contributed by atoms with Gasteiger partial charge >= 0.3 is 11.9 Å². The van der Waals surface area contributed by atoms with Gasteiger partial charge in [0.25, 0.3) is 0 Å². The van der Waals surface area contributed by atoms with E-state index in [4.69, 9.17) is 4.74 Å². The highest BCUT2D eigenvalue weighted by Crippen LogP contribution is 2.77. The molecule has 0 aromatic carbocycles. The first-order valence-electron chi connectivity index (χ1n) is 20.3. The lowest BCUT2D eigenvalue weighted by Crippen LogP contribution is -2.66. The number of esters is 1. The zero-order chi connectivity index (χ0) is 35.8. The molecule has 1 amide bonds. The normalized spacial score (nSPS) is 42.9. The Bertz CT molecular complexity index is 1290. The summed E-state index contributed by atoms with van der Waals surface area (Å²) in [5, 5.41) is 9.59. The quantitative estimate of drug-likeness (QED) is 0.245. The van der Waals surface area contributed by atoms with Gasteiger partial charge in [0.2, 0.25) is 5.91 Å². The first-order chi connectivity index (χ1) is 22.9. The van der Waals surface area contributed by atoms with E-state index in [9.17, 15) is 19.5 Å². The summed E-state index contributed by atoms with van der Waals surface area (Å²) in [5.41, 5.74) is -0.372. The fourth-order valence-electron chi connectivity index (χ4n) is 14.3. The minimum atomic E-state index is -1.13. The van der Waals surface area contributed by atoms with Gasteiger partial charge in [-0.25, -0.2) is 0 Å². The molecule has 49 heavy (non-hydrogen) atoms. The van der Waals surface area contributed by atoms with Crippen LogP contribution in [-0.2, 0) is 19.1 Å². The summed E-state index contributed by atoms with van der Waals surface area (Å²) < 4.78 is 6.17. The van der Waals surface area contributed by atoms with Crippen molar-refractivity contribution in [3.05, 3.63) is 0 Å². The third-order valence-electron chi connectivity index (χ3n) is 17.3. The predicted octanol–water partition coefficient (Wildman–Crippen LogP) is 8.59. The lowest BCUT2D eigenvalue weighted by atomic mass is 9.32. The first-order valence-corrected chi connectivity index (χ1v) is 20.3. The number of likely N-dealkylation sites (N-methyl/N-ethyl adjacent to an activating group) is 1. The maximum Gasteiger partial charge on any atom is 0.309 e. The van der Waals surface area contributed by atoms with Crippen molar-refractivity contribution in [2.45, 2.75) is 164 Å². The largest absolute Gasteiger partial charge is 0.481 e. The van der Waals surface area contributed by atoms with Crippen molar-refractivity contribution in [3.8, 4) is 0 Å². The van der Waals surface area contributed by atoms with Crippen molar-refractivity contribution in [3.63, 3.8) is 0 Å². The summed E-state index contributed by atoms with van der Waals surface area (Å²) in [6.07, 6.45) is 14.8. The second-order valence-electron chi connectivity index (χ2n) is 19.9. The van der Waals surface area contributed by atoms with Gasteiger partial charge in [0.15, 0.2) is 0 Å². The summed E-state index contributed by atoms with van der Waals surface area (Å²) in [6, 6.07) is 0.522. The highest BCUT2D eigenvalue weighted by Gasteiger charge is 2.70. The fourth-order valence-corrected chi connectivity index (χ4v) is 14.3. The van der Waals surface area contributed by atoms with Gasteiger partial charge in [0, 0.05) is 31.0 Å². The number of hydrogen-bond donors (Lipinski definition) is 1. The number of amides is 1. The Kier molecular flexibility index (Phi) is 9.70. The molecule has 1 aliphatic heterocycles. The molecule has 1 heterocycles. The number of rotatable bonds is 9. The minimum Gasteiger partial charge on any atom is -0.481 e. The number of carboxylic acid groups (broad SMARTS) is 1. The van der Waals surface area contributed by atoms with Gasteiger partial charge in [-0.15, -0.1) is 0 Å². The molecule has 0 radical (unpaired) electrons. The van der Waals surface area contributed by atoms with E-state index in [-0.39, 0.29) is 45.6 Å². The van der Waals surface area contributed by atoms with Crippen LogP contribution in [0.2, 0.25) is 0 Å². The average Bonchev–Trinajstić information content (AvgIpc) is 3.68. The van der Waals surface area contributed by atoms with Crippen molar-refractivity contribution in [1.82, 2.24) is 9.80 Å². The van der Waals surface area contributed by atoms with Crippen LogP contribution in [0.15, 0.2) is 0 Å². The zero-order valence-corrected chi connectivity index (χ0v) is 32.7. The van der Waals surface area contributed by atoms with Gasteiger partial charge < -0.3 is 14.7 Å². The molecular formula is C42H70N2O5. The Morgan fingerprint density at radius 2 is 1.53 bits per heavy atom. The van der Waals surface area contributed by atoms with Gasteiger partial charge in [0.1, 0.15) is 6.10 Å². The summed E-state index contributed by atoms with van der Waals surface area (Å²) in [7, 11) is 0. The summed E-state index contributed by atoms with van der Waals surface area (Å²) in [5.74, 6) is 1.56. The fraction of sp³-hybridized carbons (Fsp3) is 0.929. The van der Waals surface area contributed by atoms with Crippen molar-refractivity contribution in [2.24, 2.45) is 56.2 Å². The van der Waals surface area contributed by atoms with Gasteiger partial charge in [-0.1, -0.05) is 54.9 Å². The Labute approximate surface area is 298 Å². The lowest BCUT2D eigenvalue weighted by Gasteiger charge is -2.72. The number of carbonyl (C=O) groups is 3. The number of hydrogen-bond acceptors (Lipinski definition) is 5.